The van der Waals surface area contributed by atoms with Crippen molar-refractivity contribution in [3.63, 3.8) is 0 Å². The molecular weight excluding hydrogens is 427 g/mol. The molecule has 0 fully saturated rings. The van der Waals surface area contributed by atoms with Crippen LogP contribution in [-0.4, -0.2) is 21.6 Å². The molecule has 0 atom stereocenters. The number of carbonyl (C=O) groups excluding carboxylic acids is 2. The molecule has 2 aromatic carbocycles. The standard InChI is InChI=1S/C24H21FN4O2S/c1-29-22(14-21(28-29)17-6-8-18(25)9-7-17)24(31)27-19-10-4-16(5-11-19)13-23(30)26-15-20-3-2-12-32-20/h2-12,14H,13,15H2,1H3,(H,26,30)(H,27,31). The molecule has 8 heteroatoms. The van der Waals surface area contributed by atoms with Crippen molar-refractivity contribution in [1.29, 1.82) is 0 Å². The first kappa shape index (κ1) is 21.5. The second kappa shape index (κ2) is 9.57. The van der Waals surface area contributed by atoms with Crippen molar-refractivity contribution in [2.75, 3.05) is 5.32 Å². The van der Waals surface area contributed by atoms with Gasteiger partial charge in [0.25, 0.3) is 5.91 Å². The molecule has 4 rings (SSSR count). The van der Waals surface area contributed by atoms with E-state index in [9.17, 15) is 14.0 Å². The number of aryl methyl sites for hydroxylation is 1. The Morgan fingerprint density at radius 1 is 1.06 bits per heavy atom. The molecule has 0 saturated carbocycles. The maximum Gasteiger partial charge on any atom is 0.273 e. The van der Waals surface area contributed by atoms with E-state index in [1.807, 2.05) is 29.6 Å². The van der Waals surface area contributed by atoms with Crippen LogP contribution in [0.2, 0.25) is 0 Å². The molecule has 2 aromatic heterocycles. The molecule has 32 heavy (non-hydrogen) atoms. The van der Waals surface area contributed by atoms with E-state index < -0.39 is 0 Å². The van der Waals surface area contributed by atoms with Crippen LogP contribution >= 0.6 is 11.3 Å². The van der Waals surface area contributed by atoms with Crippen molar-refractivity contribution in [3.8, 4) is 11.3 Å². The number of thiophene rings is 1. The number of amides is 2. The van der Waals surface area contributed by atoms with Gasteiger partial charge in [-0.15, -0.1) is 11.3 Å². The van der Waals surface area contributed by atoms with Crippen LogP contribution in [0.25, 0.3) is 11.3 Å². The highest BCUT2D eigenvalue weighted by molar-refractivity contribution is 7.09. The lowest BCUT2D eigenvalue weighted by Crippen LogP contribution is -2.24. The lowest BCUT2D eigenvalue weighted by atomic mass is 10.1. The zero-order valence-electron chi connectivity index (χ0n) is 17.3. The average molecular weight is 449 g/mol. The van der Waals surface area contributed by atoms with Crippen LogP contribution in [0.3, 0.4) is 0 Å². The van der Waals surface area contributed by atoms with E-state index in [1.165, 1.54) is 16.8 Å². The van der Waals surface area contributed by atoms with Crippen LogP contribution in [0, 0.1) is 5.82 Å². The topological polar surface area (TPSA) is 76.0 Å². The van der Waals surface area contributed by atoms with Crippen molar-refractivity contribution < 1.29 is 14.0 Å². The number of hydrogen-bond acceptors (Lipinski definition) is 4. The van der Waals surface area contributed by atoms with Gasteiger partial charge in [0.2, 0.25) is 5.91 Å². The number of hydrogen-bond donors (Lipinski definition) is 2. The van der Waals surface area contributed by atoms with E-state index in [4.69, 9.17) is 0 Å². The van der Waals surface area contributed by atoms with Crippen LogP contribution < -0.4 is 10.6 Å². The minimum Gasteiger partial charge on any atom is -0.351 e. The van der Waals surface area contributed by atoms with E-state index in [0.29, 0.717) is 23.6 Å². The minimum absolute atomic E-state index is 0.0570. The SMILES string of the molecule is Cn1nc(-c2ccc(F)cc2)cc1C(=O)Nc1ccc(CC(=O)NCc2cccs2)cc1. The summed E-state index contributed by atoms with van der Waals surface area (Å²) in [7, 11) is 1.68. The maximum atomic E-state index is 13.1. The van der Waals surface area contributed by atoms with E-state index in [-0.39, 0.29) is 24.1 Å². The summed E-state index contributed by atoms with van der Waals surface area (Å²) in [6.07, 6.45) is 0.266. The number of benzene rings is 2. The minimum atomic E-state index is -0.328. The summed E-state index contributed by atoms with van der Waals surface area (Å²) in [5.74, 6) is -0.695. The molecule has 0 radical (unpaired) electrons. The summed E-state index contributed by atoms with van der Waals surface area (Å²) >= 11 is 1.60. The lowest BCUT2D eigenvalue weighted by molar-refractivity contribution is -0.120. The molecule has 0 aliphatic rings. The van der Waals surface area contributed by atoms with Crippen molar-refractivity contribution in [3.05, 3.63) is 94.1 Å². The molecule has 2 heterocycles. The molecule has 0 spiro atoms. The molecule has 2 N–H and O–H groups in total. The third-order valence-corrected chi connectivity index (χ3v) is 5.75. The Labute approximate surface area is 188 Å². The van der Waals surface area contributed by atoms with Gasteiger partial charge in [-0.25, -0.2) is 4.39 Å². The second-order valence-corrected chi connectivity index (χ2v) is 8.26. The van der Waals surface area contributed by atoms with Crippen molar-refractivity contribution in [2.45, 2.75) is 13.0 Å². The lowest BCUT2D eigenvalue weighted by Gasteiger charge is -2.07. The first-order chi connectivity index (χ1) is 15.5. The summed E-state index contributed by atoms with van der Waals surface area (Å²) in [5.41, 5.74) is 3.15. The molecule has 0 aliphatic carbocycles. The number of nitrogens with zero attached hydrogens (tertiary/aromatic N) is 2. The fraction of sp³-hybridized carbons (Fsp3) is 0.125. The highest BCUT2D eigenvalue weighted by atomic mass is 32.1. The molecule has 0 bridgehead atoms. The number of halogens is 1. The van der Waals surface area contributed by atoms with Crippen LogP contribution in [0.1, 0.15) is 20.9 Å². The molecule has 0 aliphatic heterocycles. The monoisotopic (exact) mass is 448 g/mol. The fourth-order valence-electron chi connectivity index (χ4n) is 3.19. The summed E-state index contributed by atoms with van der Waals surface area (Å²) in [5, 5.41) is 12.1. The molecule has 4 aromatic rings. The first-order valence-electron chi connectivity index (χ1n) is 9.97. The van der Waals surface area contributed by atoms with Gasteiger partial charge in [0.15, 0.2) is 0 Å². The number of carbonyl (C=O) groups is 2. The summed E-state index contributed by atoms with van der Waals surface area (Å²) in [4.78, 5) is 25.9. The Balaban J connectivity index is 1.35. The van der Waals surface area contributed by atoms with Gasteiger partial charge in [0.05, 0.1) is 18.7 Å². The van der Waals surface area contributed by atoms with Crippen LogP contribution in [0.15, 0.2) is 72.1 Å². The Bertz CT molecular complexity index is 1220. The number of nitrogens with one attached hydrogen (secondary N) is 2. The number of anilines is 1. The predicted molar refractivity (Wildman–Crippen MR) is 123 cm³/mol. The summed E-state index contributed by atoms with van der Waals surface area (Å²) in [6, 6.07) is 18.7. The number of aromatic nitrogens is 2. The predicted octanol–water partition coefficient (Wildman–Crippen LogP) is 4.40. The van der Waals surface area contributed by atoms with Crippen LogP contribution in [0.5, 0.6) is 0 Å². The van der Waals surface area contributed by atoms with Gasteiger partial charge in [0, 0.05) is 23.2 Å². The normalized spacial score (nSPS) is 10.7. The molecule has 0 saturated heterocycles. The van der Waals surface area contributed by atoms with Gasteiger partial charge >= 0.3 is 0 Å². The first-order valence-corrected chi connectivity index (χ1v) is 10.9. The van der Waals surface area contributed by atoms with Crippen LogP contribution in [-0.2, 0) is 24.8 Å². The molecule has 0 unspecified atom stereocenters. The molecule has 2 amide bonds. The quantitative estimate of drug-likeness (QED) is 0.440. The van der Waals surface area contributed by atoms with Gasteiger partial charge in [0.1, 0.15) is 11.5 Å². The molecule has 6 nitrogen and oxygen atoms in total. The zero-order chi connectivity index (χ0) is 22.5. The van der Waals surface area contributed by atoms with Crippen LogP contribution in [0.4, 0.5) is 10.1 Å². The highest BCUT2D eigenvalue weighted by Gasteiger charge is 2.15. The Morgan fingerprint density at radius 3 is 2.50 bits per heavy atom. The van der Waals surface area contributed by atoms with E-state index in [1.54, 1.807) is 48.7 Å². The number of rotatable bonds is 7. The van der Waals surface area contributed by atoms with Crippen molar-refractivity contribution in [2.24, 2.45) is 7.05 Å². The van der Waals surface area contributed by atoms with Crippen molar-refractivity contribution in [1.82, 2.24) is 15.1 Å². The second-order valence-electron chi connectivity index (χ2n) is 7.23. The Morgan fingerprint density at radius 2 is 1.81 bits per heavy atom. The van der Waals surface area contributed by atoms with Gasteiger partial charge in [-0.3, -0.25) is 14.3 Å². The summed E-state index contributed by atoms with van der Waals surface area (Å²) < 4.78 is 14.6. The fourth-order valence-corrected chi connectivity index (χ4v) is 3.83. The largest absolute Gasteiger partial charge is 0.351 e. The third-order valence-electron chi connectivity index (χ3n) is 4.87. The maximum absolute atomic E-state index is 13.1. The zero-order valence-corrected chi connectivity index (χ0v) is 18.2. The molecular formula is C24H21FN4O2S. The van der Waals surface area contributed by atoms with Crippen molar-refractivity contribution >= 4 is 28.8 Å². The molecule has 162 valence electrons. The Hall–Kier alpha value is -3.78. The third kappa shape index (κ3) is 5.28. The van der Waals surface area contributed by atoms with E-state index in [0.717, 1.165) is 16.0 Å². The van der Waals surface area contributed by atoms with E-state index >= 15 is 0 Å². The highest BCUT2D eigenvalue weighted by Crippen LogP contribution is 2.20. The van der Waals surface area contributed by atoms with Gasteiger partial charge in [-0.2, -0.15) is 5.10 Å². The van der Waals surface area contributed by atoms with Gasteiger partial charge in [-0.05, 0) is 59.5 Å². The van der Waals surface area contributed by atoms with Gasteiger partial charge in [-0.1, -0.05) is 18.2 Å². The summed E-state index contributed by atoms with van der Waals surface area (Å²) in [6.45, 7) is 0.523. The smallest absolute Gasteiger partial charge is 0.273 e. The van der Waals surface area contributed by atoms with E-state index in [2.05, 4.69) is 15.7 Å². The van der Waals surface area contributed by atoms with Gasteiger partial charge < -0.3 is 10.6 Å². The average Bonchev–Trinajstić information content (AvgIpc) is 3.44. The Kier molecular flexibility index (Phi) is 6.42.